The fourth-order valence-electron chi connectivity index (χ4n) is 5.11. The second-order valence-corrected chi connectivity index (χ2v) is 9.14. The molecule has 1 heterocycles. The SMILES string of the molecule is CC1(C)CC(=O)C2=C(C1)NC1=C(C(=O)c3ccccc31)[C@@H]2c1ccccc1C(F)(F)F. The van der Waals surface area contributed by atoms with E-state index in [1.54, 1.807) is 24.3 Å². The number of hydrogen-bond acceptors (Lipinski definition) is 3. The topological polar surface area (TPSA) is 46.2 Å². The fourth-order valence-corrected chi connectivity index (χ4v) is 5.11. The lowest BCUT2D eigenvalue weighted by molar-refractivity contribution is -0.138. The van der Waals surface area contributed by atoms with Crippen molar-refractivity contribution in [1.82, 2.24) is 5.32 Å². The van der Waals surface area contributed by atoms with Gasteiger partial charge in [0.05, 0.1) is 11.3 Å². The number of carbonyl (C=O) groups excluding carboxylic acids is 2. The van der Waals surface area contributed by atoms with Crippen LogP contribution in [0, 0.1) is 5.41 Å². The third-order valence-corrected chi connectivity index (χ3v) is 6.31. The van der Waals surface area contributed by atoms with Crippen LogP contribution in [0.2, 0.25) is 0 Å². The van der Waals surface area contributed by atoms with Gasteiger partial charge in [0.25, 0.3) is 0 Å². The van der Waals surface area contributed by atoms with Crippen LogP contribution in [-0.2, 0) is 11.0 Å². The summed E-state index contributed by atoms with van der Waals surface area (Å²) in [5.74, 6) is -1.59. The predicted octanol–water partition coefficient (Wildman–Crippen LogP) is 5.64. The van der Waals surface area contributed by atoms with Gasteiger partial charge < -0.3 is 5.32 Å². The summed E-state index contributed by atoms with van der Waals surface area (Å²) in [5.41, 5.74) is 1.57. The molecule has 3 nitrogen and oxygen atoms in total. The van der Waals surface area contributed by atoms with Crippen molar-refractivity contribution in [3.8, 4) is 0 Å². The van der Waals surface area contributed by atoms with Crippen LogP contribution in [0.5, 0.6) is 0 Å². The van der Waals surface area contributed by atoms with E-state index >= 15 is 0 Å². The minimum atomic E-state index is -4.60. The molecular formula is C25H20F3NO2. The predicted molar refractivity (Wildman–Crippen MR) is 110 cm³/mol. The van der Waals surface area contributed by atoms with E-state index in [2.05, 4.69) is 5.32 Å². The lowest BCUT2D eigenvalue weighted by atomic mass is 9.68. The van der Waals surface area contributed by atoms with Crippen molar-refractivity contribution >= 4 is 17.3 Å². The highest BCUT2D eigenvalue weighted by Gasteiger charge is 2.48. The van der Waals surface area contributed by atoms with Crippen LogP contribution < -0.4 is 5.32 Å². The number of carbonyl (C=O) groups is 2. The molecule has 0 fully saturated rings. The highest BCUT2D eigenvalue weighted by Crippen LogP contribution is 2.52. The standard InChI is InChI=1S/C25H20F3NO2/c1-24(2)11-17-20(18(30)12-24)19(15-9-5-6-10-16(15)25(26,27)28)21-22(29-17)13-7-3-4-8-14(13)23(21)31/h3-10,19,29H,11-12H2,1-2H3/t19-/m1/s1. The average Bonchev–Trinajstić information content (AvgIpc) is 2.97. The molecule has 3 aliphatic rings. The van der Waals surface area contributed by atoms with Crippen molar-refractivity contribution in [3.05, 3.63) is 87.6 Å². The summed E-state index contributed by atoms with van der Waals surface area (Å²) in [6.45, 7) is 3.93. The molecule has 6 heteroatoms. The van der Waals surface area contributed by atoms with Crippen molar-refractivity contribution in [2.75, 3.05) is 0 Å². The maximum Gasteiger partial charge on any atom is 0.416 e. The van der Waals surface area contributed by atoms with Crippen LogP contribution in [0.3, 0.4) is 0 Å². The molecule has 1 N–H and O–H groups in total. The molecule has 31 heavy (non-hydrogen) atoms. The maximum atomic E-state index is 13.9. The van der Waals surface area contributed by atoms with E-state index < -0.39 is 17.7 Å². The van der Waals surface area contributed by atoms with Gasteiger partial charge in [-0.15, -0.1) is 0 Å². The van der Waals surface area contributed by atoms with E-state index in [4.69, 9.17) is 0 Å². The van der Waals surface area contributed by atoms with Crippen molar-refractivity contribution in [1.29, 1.82) is 0 Å². The minimum Gasteiger partial charge on any atom is -0.358 e. The Bertz CT molecular complexity index is 1220. The molecule has 0 saturated heterocycles. The second-order valence-electron chi connectivity index (χ2n) is 9.14. The van der Waals surface area contributed by atoms with Gasteiger partial charge in [0.2, 0.25) is 0 Å². The molecule has 1 aliphatic heterocycles. The van der Waals surface area contributed by atoms with Crippen LogP contribution in [-0.4, -0.2) is 11.6 Å². The van der Waals surface area contributed by atoms with Crippen LogP contribution in [0.25, 0.3) is 5.70 Å². The smallest absolute Gasteiger partial charge is 0.358 e. The second kappa shape index (κ2) is 6.42. The van der Waals surface area contributed by atoms with Gasteiger partial charge >= 0.3 is 6.18 Å². The van der Waals surface area contributed by atoms with Crippen LogP contribution in [0.1, 0.15) is 59.7 Å². The molecule has 1 atom stereocenters. The number of fused-ring (bicyclic) bond motifs is 2. The van der Waals surface area contributed by atoms with Crippen LogP contribution >= 0.6 is 0 Å². The van der Waals surface area contributed by atoms with E-state index in [0.717, 1.165) is 6.07 Å². The number of ketones is 2. The molecule has 0 amide bonds. The summed E-state index contributed by atoms with van der Waals surface area (Å²) in [6, 6.07) is 12.2. The molecule has 2 aliphatic carbocycles. The Morgan fingerprint density at radius 1 is 0.903 bits per heavy atom. The van der Waals surface area contributed by atoms with Gasteiger partial charge in [-0.1, -0.05) is 56.3 Å². The Hall–Kier alpha value is -3.15. The van der Waals surface area contributed by atoms with E-state index in [1.807, 2.05) is 13.8 Å². The molecule has 0 saturated carbocycles. The Kier molecular flexibility index (Phi) is 4.10. The first kappa shape index (κ1) is 19.8. The first-order valence-corrected chi connectivity index (χ1v) is 10.2. The number of halogens is 3. The number of nitrogens with one attached hydrogen (secondary N) is 1. The molecular weight excluding hydrogens is 403 g/mol. The number of rotatable bonds is 1. The maximum absolute atomic E-state index is 13.9. The zero-order chi connectivity index (χ0) is 22.1. The summed E-state index contributed by atoms with van der Waals surface area (Å²) in [4.78, 5) is 26.6. The highest BCUT2D eigenvalue weighted by atomic mass is 19.4. The molecule has 2 aromatic carbocycles. The van der Waals surface area contributed by atoms with Gasteiger partial charge in [-0.2, -0.15) is 13.2 Å². The number of dihydropyridines is 1. The Morgan fingerprint density at radius 3 is 2.26 bits per heavy atom. The zero-order valence-electron chi connectivity index (χ0n) is 17.1. The summed E-state index contributed by atoms with van der Waals surface area (Å²) in [6.07, 6.45) is -3.86. The van der Waals surface area contributed by atoms with Crippen molar-refractivity contribution in [3.63, 3.8) is 0 Å². The number of allylic oxidation sites excluding steroid dienone is 3. The lowest BCUT2D eigenvalue weighted by Crippen LogP contribution is -2.37. The Balaban J connectivity index is 1.80. The van der Waals surface area contributed by atoms with Crippen LogP contribution in [0.15, 0.2) is 65.4 Å². The summed E-state index contributed by atoms with van der Waals surface area (Å²) in [7, 11) is 0. The van der Waals surface area contributed by atoms with Gasteiger partial charge in [0, 0.05) is 40.3 Å². The minimum absolute atomic E-state index is 0.0503. The molecule has 5 rings (SSSR count). The number of benzene rings is 2. The third-order valence-electron chi connectivity index (χ3n) is 6.31. The van der Waals surface area contributed by atoms with E-state index in [1.165, 1.54) is 18.2 Å². The van der Waals surface area contributed by atoms with Gasteiger partial charge in [0.15, 0.2) is 11.6 Å². The Labute approximate surface area is 177 Å². The van der Waals surface area contributed by atoms with Gasteiger partial charge in [-0.05, 0) is 23.5 Å². The number of alkyl halides is 3. The van der Waals surface area contributed by atoms with Crippen LogP contribution in [0.4, 0.5) is 13.2 Å². The van der Waals surface area contributed by atoms with Gasteiger partial charge in [-0.25, -0.2) is 0 Å². The quantitative estimate of drug-likeness (QED) is 0.645. The normalized spacial score (nSPS) is 22.2. The molecule has 0 aromatic heterocycles. The van der Waals surface area contributed by atoms with E-state index in [-0.39, 0.29) is 40.1 Å². The molecule has 0 spiro atoms. The molecule has 0 unspecified atom stereocenters. The monoisotopic (exact) mass is 423 g/mol. The highest BCUT2D eigenvalue weighted by molar-refractivity contribution is 6.23. The third kappa shape index (κ3) is 2.96. The molecule has 158 valence electrons. The number of hydrogen-bond donors (Lipinski definition) is 1. The lowest BCUT2D eigenvalue weighted by Gasteiger charge is -2.39. The van der Waals surface area contributed by atoms with Crippen molar-refractivity contribution in [2.24, 2.45) is 5.41 Å². The molecule has 0 bridgehead atoms. The number of Topliss-reactive ketones (excluding diaryl/α,β-unsaturated/α-hetero) is 2. The molecule has 2 aromatic rings. The fraction of sp³-hybridized carbons (Fsp3) is 0.280. The molecule has 0 radical (unpaired) electrons. The van der Waals surface area contributed by atoms with E-state index in [9.17, 15) is 22.8 Å². The summed E-state index contributed by atoms with van der Waals surface area (Å²) < 4.78 is 41.8. The first-order valence-electron chi connectivity index (χ1n) is 10.2. The average molecular weight is 423 g/mol. The largest absolute Gasteiger partial charge is 0.416 e. The Morgan fingerprint density at radius 2 is 1.55 bits per heavy atom. The van der Waals surface area contributed by atoms with Crippen molar-refractivity contribution < 1.29 is 22.8 Å². The van der Waals surface area contributed by atoms with Gasteiger partial charge in [-0.3, -0.25) is 9.59 Å². The summed E-state index contributed by atoms with van der Waals surface area (Å²) in [5, 5.41) is 3.28. The van der Waals surface area contributed by atoms with E-state index in [0.29, 0.717) is 28.9 Å². The van der Waals surface area contributed by atoms with Gasteiger partial charge in [0.1, 0.15) is 0 Å². The van der Waals surface area contributed by atoms with Crippen molar-refractivity contribution in [2.45, 2.75) is 38.8 Å². The summed E-state index contributed by atoms with van der Waals surface area (Å²) >= 11 is 0. The zero-order valence-corrected chi connectivity index (χ0v) is 17.1. The first-order chi connectivity index (χ1) is 14.6.